The minimum atomic E-state index is -1.77. The van der Waals surface area contributed by atoms with Crippen molar-refractivity contribution in [3.05, 3.63) is 69.0 Å². The SMILES string of the molecule is C/C(=C\[PH](C1CCCCC1)(C1CCCCC1)C1CCCCC1)C1N(c2c(C)cc(C)cc2C)CCN1c1c(C)cc(C)cc1C. The molecule has 45 heavy (non-hydrogen) atoms. The summed E-state index contributed by atoms with van der Waals surface area (Å²) in [6.45, 7) is 18.8. The van der Waals surface area contributed by atoms with Gasteiger partial charge < -0.3 is 0 Å². The van der Waals surface area contributed by atoms with E-state index in [-0.39, 0.29) is 0 Å². The third kappa shape index (κ3) is 6.53. The average molecular weight is 629 g/mol. The van der Waals surface area contributed by atoms with Gasteiger partial charge >= 0.3 is 278 Å². The first kappa shape index (κ1) is 33.1. The Kier molecular flexibility index (Phi) is 10.4. The zero-order valence-corrected chi connectivity index (χ0v) is 31.1. The molecule has 1 heterocycles. The number of anilines is 2. The molecule has 3 aliphatic carbocycles. The predicted octanol–water partition coefficient (Wildman–Crippen LogP) is 11.8. The Bertz CT molecular complexity index is 1200. The first-order chi connectivity index (χ1) is 21.7. The molecule has 3 heteroatoms. The molecule has 2 aromatic carbocycles. The summed E-state index contributed by atoms with van der Waals surface area (Å²) in [4.78, 5) is 5.69. The molecule has 248 valence electrons. The fourth-order valence-electron chi connectivity index (χ4n) is 11.5. The van der Waals surface area contributed by atoms with Crippen LogP contribution in [0.3, 0.4) is 0 Å². The average Bonchev–Trinajstić information content (AvgIpc) is 3.44. The van der Waals surface area contributed by atoms with E-state index in [0.717, 1.165) is 30.1 Å². The molecule has 4 fully saturated rings. The molecule has 0 spiro atoms. The Morgan fingerprint density at radius 2 is 0.844 bits per heavy atom. The summed E-state index contributed by atoms with van der Waals surface area (Å²) in [5.41, 5.74) is 16.2. The topological polar surface area (TPSA) is 6.48 Å². The van der Waals surface area contributed by atoms with Crippen LogP contribution < -0.4 is 9.80 Å². The Hall–Kier alpha value is -1.79. The van der Waals surface area contributed by atoms with Gasteiger partial charge in [0.05, 0.1) is 0 Å². The maximum absolute atomic E-state index is 3.17. The number of benzene rings is 2. The second kappa shape index (κ2) is 14.1. The standard InChI is InChI=1S/C42H65N2P/c1-30-25-32(3)40(33(4)26-30)43-23-24-44(41-34(5)27-31(2)28-35(41)6)42(43)36(7)29-45(37-17-11-8-12-18-37,38-19-13-9-14-20-38)39-21-15-10-16-22-39/h25-29,37-39,42,45H,8-24H2,1-7H3/b36-29+. The Morgan fingerprint density at radius 1 is 0.533 bits per heavy atom. The second-order valence-corrected chi connectivity index (χ2v) is 20.9. The predicted molar refractivity (Wildman–Crippen MR) is 202 cm³/mol. The monoisotopic (exact) mass is 628 g/mol. The van der Waals surface area contributed by atoms with E-state index in [4.69, 9.17) is 0 Å². The number of nitrogens with zero attached hydrogens (tertiary/aromatic N) is 2. The summed E-state index contributed by atoms with van der Waals surface area (Å²) >= 11 is 0. The van der Waals surface area contributed by atoms with Gasteiger partial charge in [-0.15, -0.1) is 0 Å². The van der Waals surface area contributed by atoms with Gasteiger partial charge in [-0.25, -0.2) is 0 Å². The van der Waals surface area contributed by atoms with Gasteiger partial charge in [0.25, 0.3) is 0 Å². The third-order valence-corrected chi connectivity index (χ3v) is 19.8. The fourth-order valence-corrected chi connectivity index (χ4v) is 19.3. The Balaban J connectivity index is 1.54. The van der Waals surface area contributed by atoms with Crippen molar-refractivity contribution in [1.29, 1.82) is 0 Å². The quantitative estimate of drug-likeness (QED) is 0.282. The van der Waals surface area contributed by atoms with Crippen LogP contribution in [0.15, 0.2) is 35.7 Å². The van der Waals surface area contributed by atoms with Gasteiger partial charge in [0.15, 0.2) is 0 Å². The van der Waals surface area contributed by atoms with Crippen LogP contribution in [-0.2, 0) is 0 Å². The molecule has 0 amide bonds. The summed E-state index contributed by atoms with van der Waals surface area (Å²) in [7, 11) is -1.77. The number of hydrogen-bond acceptors (Lipinski definition) is 2. The summed E-state index contributed by atoms with van der Waals surface area (Å²) in [6, 6.07) is 9.70. The molecule has 0 atom stereocenters. The van der Waals surface area contributed by atoms with E-state index in [9.17, 15) is 0 Å². The second-order valence-electron chi connectivity index (χ2n) is 16.1. The first-order valence-electron chi connectivity index (χ1n) is 19.1. The van der Waals surface area contributed by atoms with Gasteiger partial charge in [0.2, 0.25) is 0 Å². The van der Waals surface area contributed by atoms with Crippen LogP contribution >= 0.6 is 7.26 Å². The van der Waals surface area contributed by atoms with E-state index in [1.807, 2.05) is 0 Å². The molecule has 4 aliphatic rings. The Labute approximate surface area is 277 Å². The van der Waals surface area contributed by atoms with E-state index < -0.39 is 7.26 Å². The molecule has 2 nitrogen and oxygen atoms in total. The van der Waals surface area contributed by atoms with Crippen LogP contribution in [0, 0.1) is 41.5 Å². The third-order valence-electron chi connectivity index (χ3n) is 12.8. The summed E-state index contributed by atoms with van der Waals surface area (Å²) in [6.07, 6.45) is 22.7. The minimum absolute atomic E-state index is 0.299. The van der Waals surface area contributed by atoms with Crippen LogP contribution in [0.2, 0.25) is 0 Å². The van der Waals surface area contributed by atoms with Crippen molar-refractivity contribution in [2.24, 2.45) is 0 Å². The van der Waals surface area contributed by atoms with Crippen LogP contribution in [0.4, 0.5) is 11.4 Å². The molecule has 6 rings (SSSR count). The maximum atomic E-state index is 3.17. The summed E-state index contributed by atoms with van der Waals surface area (Å²) in [5.74, 6) is 3.17. The van der Waals surface area contributed by atoms with Crippen molar-refractivity contribution < 1.29 is 0 Å². The molecule has 0 unspecified atom stereocenters. The molecule has 1 aliphatic heterocycles. The molecule has 3 saturated carbocycles. The van der Waals surface area contributed by atoms with Crippen molar-refractivity contribution in [3.63, 3.8) is 0 Å². The van der Waals surface area contributed by atoms with Crippen molar-refractivity contribution in [2.45, 2.75) is 168 Å². The van der Waals surface area contributed by atoms with Crippen molar-refractivity contribution >= 4 is 18.6 Å². The molecule has 0 aromatic heterocycles. The zero-order chi connectivity index (χ0) is 31.7. The van der Waals surface area contributed by atoms with Crippen molar-refractivity contribution in [1.82, 2.24) is 0 Å². The molecule has 0 N–H and O–H groups in total. The molecule has 0 bridgehead atoms. The van der Waals surface area contributed by atoms with Crippen molar-refractivity contribution in [2.75, 3.05) is 22.9 Å². The van der Waals surface area contributed by atoms with Crippen LogP contribution in [0.5, 0.6) is 0 Å². The summed E-state index contributed by atoms with van der Waals surface area (Å²) < 4.78 is 0. The van der Waals surface area contributed by atoms with Crippen LogP contribution in [0.1, 0.15) is 137 Å². The van der Waals surface area contributed by atoms with Gasteiger partial charge in [-0.3, -0.25) is 0 Å². The molecular weight excluding hydrogens is 563 g/mol. The number of rotatable bonds is 7. The van der Waals surface area contributed by atoms with E-state index in [0.29, 0.717) is 6.17 Å². The Morgan fingerprint density at radius 3 is 1.16 bits per heavy atom. The number of aryl methyl sites for hydroxylation is 6. The van der Waals surface area contributed by atoms with Gasteiger partial charge in [-0.05, 0) is 0 Å². The van der Waals surface area contributed by atoms with Crippen LogP contribution in [-0.4, -0.2) is 36.2 Å². The van der Waals surface area contributed by atoms with Gasteiger partial charge in [0.1, 0.15) is 0 Å². The fraction of sp³-hybridized carbons (Fsp3) is 0.667. The molecule has 2 aromatic rings. The van der Waals surface area contributed by atoms with E-state index >= 15 is 0 Å². The summed E-state index contributed by atoms with van der Waals surface area (Å²) in [5, 5.41) is 0. The normalized spacial score (nSPS) is 22.4. The van der Waals surface area contributed by atoms with Crippen molar-refractivity contribution in [3.8, 4) is 0 Å². The van der Waals surface area contributed by atoms with Crippen LogP contribution in [0.25, 0.3) is 0 Å². The molecular formula is C42H65N2P. The van der Waals surface area contributed by atoms with Gasteiger partial charge in [-0.1, -0.05) is 0 Å². The molecule has 0 radical (unpaired) electrons. The first-order valence-corrected chi connectivity index (χ1v) is 21.4. The van der Waals surface area contributed by atoms with E-state index in [1.165, 1.54) is 141 Å². The van der Waals surface area contributed by atoms with Gasteiger partial charge in [-0.2, -0.15) is 0 Å². The number of hydrogen-bond donors (Lipinski definition) is 0. The van der Waals surface area contributed by atoms with E-state index in [2.05, 4.69) is 88.3 Å². The van der Waals surface area contributed by atoms with E-state index in [1.54, 1.807) is 5.57 Å². The zero-order valence-electron chi connectivity index (χ0n) is 30.1. The van der Waals surface area contributed by atoms with Gasteiger partial charge in [0, 0.05) is 0 Å². The molecule has 1 saturated heterocycles.